The highest BCUT2D eigenvalue weighted by atomic mass is 35.5. The van der Waals surface area contributed by atoms with E-state index in [1.165, 1.54) is 0 Å². The van der Waals surface area contributed by atoms with Crippen molar-refractivity contribution in [1.29, 1.82) is 0 Å². The van der Waals surface area contributed by atoms with Gasteiger partial charge in [0.1, 0.15) is 6.29 Å². The van der Waals surface area contributed by atoms with Crippen LogP contribution in [0.25, 0.3) is 0 Å². The molecular weight excluding hydrogens is 176 g/mol. The number of carbonyl (C=O) groups excluding carboxylic acids is 1. The van der Waals surface area contributed by atoms with Gasteiger partial charge in [0.05, 0.1) is 6.10 Å². The smallest absolute Gasteiger partial charge is 0.149 e. The SMILES string of the molecule is O=CC1=CC2CCOC2C(Cl)=C1. The van der Waals surface area contributed by atoms with E-state index in [-0.39, 0.29) is 6.10 Å². The molecule has 0 saturated carbocycles. The fourth-order valence-electron chi connectivity index (χ4n) is 1.67. The van der Waals surface area contributed by atoms with Crippen molar-refractivity contribution >= 4 is 17.9 Å². The Hall–Kier alpha value is -0.600. The van der Waals surface area contributed by atoms with Crippen molar-refractivity contribution in [1.82, 2.24) is 0 Å². The number of carbonyl (C=O) groups is 1. The van der Waals surface area contributed by atoms with E-state index >= 15 is 0 Å². The molecule has 2 nitrogen and oxygen atoms in total. The van der Waals surface area contributed by atoms with Crippen molar-refractivity contribution < 1.29 is 9.53 Å². The average Bonchev–Trinajstić information content (AvgIpc) is 2.52. The molecule has 2 atom stereocenters. The van der Waals surface area contributed by atoms with Crippen LogP contribution in [0.5, 0.6) is 0 Å². The van der Waals surface area contributed by atoms with E-state index < -0.39 is 0 Å². The molecule has 12 heavy (non-hydrogen) atoms. The van der Waals surface area contributed by atoms with Gasteiger partial charge in [0, 0.05) is 23.1 Å². The number of hydrogen-bond acceptors (Lipinski definition) is 2. The Kier molecular flexibility index (Phi) is 2.03. The second-order valence-electron chi connectivity index (χ2n) is 3.06. The first kappa shape index (κ1) is 8.02. The lowest BCUT2D eigenvalue weighted by atomic mass is 9.93. The van der Waals surface area contributed by atoms with Crippen LogP contribution in [0.3, 0.4) is 0 Å². The predicted octanol–water partition coefficient (Wildman–Crippen LogP) is 1.65. The van der Waals surface area contributed by atoms with Gasteiger partial charge < -0.3 is 4.74 Å². The molecule has 0 amide bonds. The van der Waals surface area contributed by atoms with Crippen molar-refractivity contribution in [2.24, 2.45) is 5.92 Å². The molecule has 0 spiro atoms. The molecular formula is C9H9ClO2. The first-order valence-electron chi connectivity index (χ1n) is 3.97. The average molecular weight is 185 g/mol. The van der Waals surface area contributed by atoms with Crippen molar-refractivity contribution in [3.63, 3.8) is 0 Å². The number of ether oxygens (including phenoxy) is 1. The zero-order valence-electron chi connectivity index (χ0n) is 6.50. The molecule has 0 aromatic carbocycles. The van der Waals surface area contributed by atoms with Gasteiger partial charge >= 0.3 is 0 Å². The monoisotopic (exact) mass is 184 g/mol. The number of aldehydes is 1. The summed E-state index contributed by atoms with van der Waals surface area (Å²) in [5, 5.41) is 0.655. The maximum Gasteiger partial charge on any atom is 0.149 e. The van der Waals surface area contributed by atoms with E-state index in [1.54, 1.807) is 6.08 Å². The maximum atomic E-state index is 10.5. The van der Waals surface area contributed by atoms with E-state index in [9.17, 15) is 4.79 Å². The van der Waals surface area contributed by atoms with Gasteiger partial charge in [-0.05, 0) is 12.5 Å². The van der Waals surface area contributed by atoms with Crippen LogP contribution in [0.2, 0.25) is 0 Å². The summed E-state index contributed by atoms with van der Waals surface area (Å²) < 4.78 is 5.40. The predicted molar refractivity (Wildman–Crippen MR) is 45.9 cm³/mol. The van der Waals surface area contributed by atoms with Crippen LogP contribution in [0.15, 0.2) is 22.8 Å². The van der Waals surface area contributed by atoms with Crippen LogP contribution in [-0.2, 0) is 9.53 Å². The lowest BCUT2D eigenvalue weighted by Gasteiger charge is -2.18. The zero-order valence-corrected chi connectivity index (χ0v) is 7.25. The van der Waals surface area contributed by atoms with Gasteiger partial charge in [-0.3, -0.25) is 4.79 Å². The maximum absolute atomic E-state index is 10.5. The number of fused-ring (bicyclic) bond motifs is 1. The van der Waals surface area contributed by atoms with E-state index in [2.05, 4.69) is 0 Å². The molecule has 2 rings (SSSR count). The number of rotatable bonds is 1. The lowest BCUT2D eigenvalue weighted by molar-refractivity contribution is -0.104. The third kappa shape index (κ3) is 1.21. The van der Waals surface area contributed by atoms with Crippen molar-refractivity contribution in [2.75, 3.05) is 6.61 Å². The van der Waals surface area contributed by atoms with Crippen LogP contribution in [0.1, 0.15) is 6.42 Å². The molecule has 1 aliphatic carbocycles. The Morgan fingerprint density at radius 1 is 1.67 bits per heavy atom. The minimum atomic E-state index is 0.00960. The molecule has 3 heteroatoms. The highest BCUT2D eigenvalue weighted by molar-refractivity contribution is 6.30. The summed E-state index contributed by atoms with van der Waals surface area (Å²) in [4.78, 5) is 10.5. The minimum Gasteiger partial charge on any atom is -0.372 e. The summed E-state index contributed by atoms with van der Waals surface area (Å²) in [6, 6.07) is 0. The molecule has 1 saturated heterocycles. The Morgan fingerprint density at radius 3 is 3.25 bits per heavy atom. The zero-order chi connectivity index (χ0) is 8.55. The van der Waals surface area contributed by atoms with Gasteiger partial charge in [-0.2, -0.15) is 0 Å². The molecule has 0 aromatic rings. The van der Waals surface area contributed by atoms with Gasteiger partial charge in [-0.1, -0.05) is 17.7 Å². The molecule has 0 N–H and O–H groups in total. The van der Waals surface area contributed by atoms with Gasteiger partial charge in [0.2, 0.25) is 0 Å². The highest BCUT2D eigenvalue weighted by Gasteiger charge is 2.31. The summed E-state index contributed by atoms with van der Waals surface area (Å²) >= 11 is 5.93. The van der Waals surface area contributed by atoms with Crippen LogP contribution in [0.4, 0.5) is 0 Å². The highest BCUT2D eigenvalue weighted by Crippen LogP contribution is 2.34. The number of halogens is 1. The van der Waals surface area contributed by atoms with Crippen LogP contribution >= 0.6 is 11.6 Å². The van der Waals surface area contributed by atoms with Crippen LogP contribution in [0, 0.1) is 5.92 Å². The van der Waals surface area contributed by atoms with E-state index in [0.29, 0.717) is 16.5 Å². The second-order valence-corrected chi connectivity index (χ2v) is 3.49. The topological polar surface area (TPSA) is 26.3 Å². The Balaban J connectivity index is 2.29. The lowest BCUT2D eigenvalue weighted by Crippen LogP contribution is -2.18. The normalized spacial score (nSPS) is 33.8. The third-order valence-electron chi connectivity index (χ3n) is 2.26. The molecule has 0 aromatic heterocycles. The molecule has 2 unspecified atom stereocenters. The Bertz CT molecular complexity index is 268. The third-order valence-corrected chi connectivity index (χ3v) is 2.58. The van der Waals surface area contributed by atoms with Gasteiger partial charge in [0.25, 0.3) is 0 Å². The molecule has 0 bridgehead atoms. The van der Waals surface area contributed by atoms with Crippen LogP contribution in [-0.4, -0.2) is 19.0 Å². The second kappa shape index (κ2) is 3.04. The largest absolute Gasteiger partial charge is 0.372 e. The standard InChI is InChI=1S/C9H9ClO2/c10-8-4-6(5-11)3-7-1-2-12-9(7)8/h3-5,7,9H,1-2H2. The first-order chi connectivity index (χ1) is 5.81. The quantitative estimate of drug-likeness (QED) is 0.580. The van der Waals surface area contributed by atoms with Gasteiger partial charge in [-0.15, -0.1) is 0 Å². The van der Waals surface area contributed by atoms with Gasteiger partial charge in [0.15, 0.2) is 0 Å². The molecule has 64 valence electrons. The van der Waals surface area contributed by atoms with Gasteiger partial charge in [-0.25, -0.2) is 0 Å². The molecule has 1 heterocycles. The van der Waals surface area contributed by atoms with Crippen molar-refractivity contribution in [3.05, 3.63) is 22.8 Å². The summed E-state index contributed by atoms with van der Waals surface area (Å²) in [7, 11) is 0. The van der Waals surface area contributed by atoms with E-state index in [4.69, 9.17) is 16.3 Å². The number of hydrogen-bond donors (Lipinski definition) is 0. The fraction of sp³-hybridized carbons (Fsp3) is 0.444. The molecule has 1 fully saturated rings. The summed E-state index contributed by atoms with van der Waals surface area (Å²) in [5.41, 5.74) is 0.673. The molecule has 0 radical (unpaired) electrons. The first-order valence-corrected chi connectivity index (χ1v) is 4.35. The summed E-state index contributed by atoms with van der Waals surface area (Å²) in [6.07, 6.45) is 5.43. The van der Waals surface area contributed by atoms with Crippen LogP contribution < -0.4 is 0 Å². The Labute approximate surface area is 75.8 Å². The minimum absolute atomic E-state index is 0.00960. The van der Waals surface area contributed by atoms with E-state index in [0.717, 1.165) is 19.3 Å². The molecule has 2 aliphatic rings. The summed E-state index contributed by atoms with van der Waals surface area (Å²) in [5.74, 6) is 0.308. The van der Waals surface area contributed by atoms with E-state index in [1.807, 2.05) is 6.08 Å². The fourth-order valence-corrected chi connectivity index (χ4v) is 2.02. The number of allylic oxidation sites excluding steroid dienone is 2. The van der Waals surface area contributed by atoms with Crippen molar-refractivity contribution in [3.8, 4) is 0 Å². The summed E-state index contributed by atoms with van der Waals surface area (Å²) in [6.45, 7) is 0.738. The molecule has 1 aliphatic heterocycles. The Morgan fingerprint density at radius 2 is 2.50 bits per heavy atom. The van der Waals surface area contributed by atoms with Crippen molar-refractivity contribution in [2.45, 2.75) is 12.5 Å².